The molecule has 0 bridgehead atoms. The lowest BCUT2D eigenvalue weighted by Gasteiger charge is -2.06. The molecule has 1 aliphatic rings. The molecule has 70 valence electrons. The minimum absolute atomic E-state index is 0.621. The number of nitrogens with two attached hydrogens (primary N) is 1. The molecule has 0 aromatic heterocycles. The summed E-state index contributed by atoms with van der Waals surface area (Å²) < 4.78 is 0. The van der Waals surface area contributed by atoms with Crippen LogP contribution in [0, 0.1) is 0 Å². The van der Waals surface area contributed by atoms with Gasteiger partial charge in [0.1, 0.15) is 0 Å². The van der Waals surface area contributed by atoms with Gasteiger partial charge in [0.2, 0.25) is 0 Å². The van der Waals surface area contributed by atoms with Gasteiger partial charge in [-0.3, -0.25) is 0 Å². The van der Waals surface area contributed by atoms with Gasteiger partial charge in [0.25, 0.3) is 0 Å². The lowest BCUT2D eigenvalue weighted by atomic mass is 10.0. The lowest BCUT2D eigenvalue weighted by molar-refractivity contribution is 0.141. The molecule has 2 nitrogen and oxygen atoms in total. The molecule has 1 aliphatic carbocycles. The zero-order valence-corrected chi connectivity index (χ0v) is 7.75. The van der Waals surface area contributed by atoms with Crippen LogP contribution < -0.4 is 5.90 Å². The number of hydrogen-bond donors (Lipinski definition) is 1. The highest BCUT2D eigenvalue weighted by Crippen LogP contribution is 2.25. The molecule has 0 heterocycles. The molecule has 2 heteroatoms. The predicted molar refractivity (Wildman–Crippen MR) is 52.3 cm³/mol. The molecular formula is C11H15NO. The molecule has 13 heavy (non-hydrogen) atoms. The van der Waals surface area contributed by atoms with E-state index in [1.54, 1.807) is 5.56 Å². The van der Waals surface area contributed by atoms with Crippen molar-refractivity contribution in [1.82, 2.24) is 0 Å². The summed E-state index contributed by atoms with van der Waals surface area (Å²) in [6, 6.07) is 6.55. The van der Waals surface area contributed by atoms with Gasteiger partial charge in [-0.1, -0.05) is 18.2 Å². The second-order valence-electron chi connectivity index (χ2n) is 3.53. The van der Waals surface area contributed by atoms with Gasteiger partial charge in [-0.25, -0.2) is 5.90 Å². The van der Waals surface area contributed by atoms with Crippen LogP contribution in [-0.4, -0.2) is 6.61 Å². The minimum Gasteiger partial charge on any atom is -0.304 e. The van der Waals surface area contributed by atoms with Gasteiger partial charge >= 0.3 is 0 Å². The first-order valence-electron chi connectivity index (χ1n) is 4.83. The van der Waals surface area contributed by atoms with Crippen molar-refractivity contribution in [3.63, 3.8) is 0 Å². The van der Waals surface area contributed by atoms with E-state index in [1.807, 2.05) is 0 Å². The van der Waals surface area contributed by atoms with E-state index in [0.717, 1.165) is 6.42 Å². The van der Waals surface area contributed by atoms with E-state index in [1.165, 1.54) is 30.4 Å². The number of benzene rings is 1. The van der Waals surface area contributed by atoms with Crippen molar-refractivity contribution in [3.8, 4) is 0 Å². The van der Waals surface area contributed by atoms with Crippen LogP contribution in [0.4, 0.5) is 0 Å². The maximum Gasteiger partial charge on any atom is 0.0719 e. The van der Waals surface area contributed by atoms with Crippen LogP contribution in [0.2, 0.25) is 0 Å². The van der Waals surface area contributed by atoms with E-state index in [0.29, 0.717) is 6.61 Å². The Bertz CT molecular complexity index is 296. The van der Waals surface area contributed by atoms with Crippen molar-refractivity contribution >= 4 is 0 Å². The summed E-state index contributed by atoms with van der Waals surface area (Å²) in [5, 5.41) is 0. The molecule has 0 aliphatic heterocycles. The molecule has 0 amide bonds. The molecular weight excluding hydrogens is 162 g/mol. The molecule has 0 radical (unpaired) electrons. The van der Waals surface area contributed by atoms with Gasteiger partial charge in [-0.2, -0.15) is 0 Å². The Morgan fingerprint density at radius 3 is 3.08 bits per heavy atom. The van der Waals surface area contributed by atoms with Crippen LogP contribution in [0.25, 0.3) is 0 Å². The number of fused-ring (bicyclic) bond motifs is 1. The minimum atomic E-state index is 0.621. The molecule has 0 saturated carbocycles. The average Bonchev–Trinajstić information content (AvgIpc) is 2.62. The Morgan fingerprint density at radius 2 is 2.23 bits per heavy atom. The monoisotopic (exact) mass is 177 g/mol. The molecule has 1 aromatic carbocycles. The molecule has 1 aromatic rings. The van der Waals surface area contributed by atoms with E-state index in [9.17, 15) is 0 Å². The fourth-order valence-electron chi connectivity index (χ4n) is 2.10. The first-order chi connectivity index (χ1) is 6.42. The van der Waals surface area contributed by atoms with E-state index in [4.69, 9.17) is 5.90 Å². The predicted octanol–water partition coefficient (Wildman–Crippen LogP) is 1.61. The Morgan fingerprint density at radius 1 is 1.31 bits per heavy atom. The summed E-state index contributed by atoms with van der Waals surface area (Å²) in [7, 11) is 0. The second-order valence-corrected chi connectivity index (χ2v) is 3.53. The summed E-state index contributed by atoms with van der Waals surface area (Å²) in [5.41, 5.74) is 4.48. The third-order valence-corrected chi connectivity index (χ3v) is 2.73. The Hall–Kier alpha value is -0.860. The summed E-state index contributed by atoms with van der Waals surface area (Å²) >= 11 is 0. The first-order valence-corrected chi connectivity index (χ1v) is 4.83. The third-order valence-electron chi connectivity index (χ3n) is 2.73. The number of hydrogen-bond acceptors (Lipinski definition) is 2. The normalized spacial score (nSPS) is 14.5. The SMILES string of the molecule is NOCCc1cccc2c1CCC2. The Kier molecular flexibility index (Phi) is 2.62. The van der Waals surface area contributed by atoms with Gasteiger partial charge in [-0.15, -0.1) is 0 Å². The highest BCUT2D eigenvalue weighted by molar-refractivity contribution is 5.38. The standard InChI is InChI=1S/C11H15NO/c12-13-8-7-10-4-1-3-9-5-2-6-11(9)10/h1,3-4H,2,5-8,12H2. The molecule has 0 unspecified atom stereocenters. The van der Waals surface area contributed by atoms with Crippen molar-refractivity contribution in [3.05, 3.63) is 34.9 Å². The highest BCUT2D eigenvalue weighted by Gasteiger charge is 2.13. The molecule has 0 spiro atoms. The maximum atomic E-state index is 5.02. The fourth-order valence-corrected chi connectivity index (χ4v) is 2.10. The Labute approximate surface area is 78.7 Å². The number of aryl methyl sites for hydroxylation is 1. The van der Waals surface area contributed by atoms with Crippen LogP contribution in [0.15, 0.2) is 18.2 Å². The van der Waals surface area contributed by atoms with Crippen molar-refractivity contribution in [2.24, 2.45) is 5.90 Å². The van der Waals surface area contributed by atoms with Gasteiger partial charge in [0.15, 0.2) is 0 Å². The molecule has 2 N–H and O–H groups in total. The highest BCUT2D eigenvalue weighted by atomic mass is 16.6. The lowest BCUT2D eigenvalue weighted by Crippen LogP contribution is -2.05. The molecule has 0 atom stereocenters. The van der Waals surface area contributed by atoms with E-state index < -0.39 is 0 Å². The van der Waals surface area contributed by atoms with Gasteiger partial charge < -0.3 is 4.84 Å². The van der Waals surface area contributed by atoms with Crippen LogP contribution >= 0.6 is 0 Å². The van der Waals surface area contributed by atoms with Crippen LogP contribution in [0.3, 0.4) is 0 Å². The number of rotatable bonds is 3. The van der Waals surface area contributed by atoms with Gasteiger partial charge in [0.05, 0.1) is 6.61 Å². The summed E-state index contributed by atoms with van der Waals surface area (Å²) in [5.74, 6) is 5.02. The van der Waals surface area contributed by atoms with Crippen LogP contribution in [0.5, 0.6) is 0 Å². The van der Waals surface area contributed by atoms with Crippen molar-refractivity contribution < 1.29 is 4.84 Å². The Balaban J connectivity index is 2.20. The van der Waals surface area contributed by atoms with Gasteiger partial charge in [-0.05, 0) is 42.4 Å². The van der Waals surface area contributed by atoms with E-state index >= 15 is 0 Å². The second kappa shape index (κ2) is 3.90. The van der Waals surface area contributed by atoms with Gasteiger partial charge in [0, 0.05) is 0 Å². The fraction of sp³-hybridized carbons (Fsp3) is 0.455. The van der Waals surface area contributed by atoms with Crippen LogP contribution in [0.1, 0.15) is 23.1 Å². The van der Waals surface area contributed by atoms with Crippen molar-refractivity contribution in [2.45, 2.75) is 25.7 Å². The molecule has 0 saturated heterocycles. The summed E-state index contributed by atoms with van der Waals surface area (Å²) in [6.45, 7) is 0.621. The van der Waals surface area contributed by atoms with E-state index in [-0.39, 0.29) is 0 Å². The van der Waals surface area contributed by atoms with Crippen LogP contribution in [-0.2, 0) is 24.1 Å². The smallest absolute Gasteiger partial charge is 0.0719 e. The van der Waals surface area contributed by atoms with Crippen molar-refractivity contribution in [2.75, 3.05) is 6.61 Å². The largest absolute Gasteiger partial charge is 0.304 e. The average molecular weight is 177 g/mol. The quantitative estimate of drug-likeness (QED) is 0.712. The van der Waals surface area contributed by atoms with E-state index in [2.05, 4.69) is 23.0 Å². The zero-order chi connectivity index (χ0) is 9.10. The summed E-state index contributed by atoms with van der Waals surface area (Å²) in [4.78, 5) is 4.61. The molecule has 0 fully saturated rings. The maximum absolute atomic E-state index is 5.02. The molecule has 2 rings (SSSR count). The zero-order valence-electron chi connectivity index (χ0n) is 7.75. The first kappa shape index (κ1) is 8.73. The summed E-state index contributed by atoms with van der Waals surface area (Å²) in [6.07, 6.45) is 4.72. The third kappa shape index (κ3) is 1.74. The topological polar surface area (TPSA) is 35.2 Å². The van der Waals surface area contributed by atoms with Crippen molar-refractivity contribution in [1.29, 1.82) is 0 Å².